The Hall–Kier alpha value is -2.40. The van der Waals surface area contributed by atoms with Crippen molar-refractivity contribution in [2.75, 3.05) is 6.61 Å². The first-order valence-corrected chi connectivity index (χ1v) is 7.01. The zero-order valence-electron chi connectivity index (χ0n) is 11.8. The molecule has 0 bridgehead atoms. The van der Waals surface area contributed by atoms with Crippen molar-refractivity contribution in [2.24, 2.45) is 12.8 Å². The van der Waals surface area contributed by atoms with Gasteiger partial charge in [0.05, 0.1) is 11.7 Å². The van der Waals surface area contributed by atoms with Gasteiger partial charge in [-0.25, -0.2) is 0 Å². The number of nitrogens with zero attached hydrogens (tertiary/aromatic N) is 3. The SMILES string of the molecule is Cn1ncc2ncc(-c3cccc4c3CC(N)CO4)cc21. The Morgan fingerprint density at radius 3 is 3.14 bits per heavy atom. The lowest BCUT2D eigenvalue weighted by atomic mass is 9.94. The molecule has 0 spiro atoms. The van der Waals surface area contributed by atoms with Crippen LogP contribution >= 0.6 is 0 Å². The largest absolute Gasteiger partial charge is 0.492 e. The number of hydrogen-bond acceptors (Lipinski definition) is 4. The summed E-state index contributed by atoms with van der Waals surface area (Å²) in [4.78, 5) is 4.49. The van der Waals surface area contributed by atoms with Gasteiger partial charge >= 0.3 is 0 Å². The Morgan fingerprint density at radius 2 is 2.24 bits per heavy atom. The number of rotatable bonds is 1. The average molecular weight is 280 g/mol. The van der Waals surface area contributed by atoms with E-state index in [2.05, 4.69) is 22.2 Å². The highest BCUT2D eigenvalue weighted by molar-refractivity contribution is 5.81. The number of pyridine rings is 1. The van der Waals surface area contributed by atoms with Gasteiger partial charge in [-0.15, -0.1) is 0 Å². The molecule has 0 fully saturated rings. The third-order valence-electron chi connectivity index (χ3n) is 3.96. The van der Waals surface area contributed by atoms with Gasteiger partial charge in [-0.1, -0.05) is 12.1 Å². The Kier molecular flexibility index (Phi) is 2.68. The molecule has 1 aliphatic rings. The molecule has 1 atom stereocenters. The van der Waals surface area contributed by atoms with Crippen molar-refractivity contribution in [3.05, 3.63) is 42.2 Å². The Bertz CT molecular complexity index is 824. The quantitative estimate of drug-likeness (QED) is 0.739. The van der Waals surface area contributed by atoms with E-state index in [0.29, 0.717) is 6.61 Å². The molecule has 5 heteroatoms. The van der Waals surface area contributed by atoms with Crippen molar-refractivity contribution in [1.82, 2.24) is 14.8 Å². The predicted octanol–water partition coefficient (Wildman–Crippen LogP) is 1.90. The molecule has 0 aliphatic carbocycles. The van der Waals surface area contributed by atoms with Crippen LogP contribution in [-0.4, -0.2) is 27.4 Å². The second-order valence-electron chi connectivity index (χ2n) is 5.45. The minimum atomic E-state index is 0.0482. The molecule has 1 aliphatic heterocycles. The highest BCUT2D eigenvalue weighted by atomic mass is 16.5. The maximum atomic E-state index is 6.04. The summed E-state index contributed by atoms with van der Waals surface area (Å²) in [6.07, 6.45) is 4.49. The number of hydrogen-bond donors (Lipinski definition) is 1. The van der Waals surface area contributed by atoms with Gasteiger partial charge in [-0.3, -0.25) is 9.67 Å². The van der Waals surface area contributed by atoms with Crippen LogP contribution in [0.3, 0.4) is 0 Å². The molecule has 2 aromatic heterocycles. The first-order valence-electron chi connectivity index (χ1n) is 7.01. The van der Waals surface area contributed by atoms with Gasteiger partial charge in [-0.05, 0) is 24.1 Å². The second-order valence-corrected chi connectivity index (χ2v) is 5.45. The zero-order chi connectivity index (χ0) is 14.4. The van der Waals surface area contributed by atoms with E-state index in [0.717, 1.165) is 34.3 Å². The summed E-state index contributed by atoms with van der Waals surface area (Å²) in [5.74, 6) is 0.930. The Morgan fingerprint density at radius 1 is 1.33 bits per heavy atom. The van der Waals surface area contributed by atoms with Crippen molar-refractivity contribution >= 4 is 11.0 Å². The molecule has 0 saturated carbocycles. The summed E-state index contributed by atoms with van der Waals surface area (Å²) in [5, 5.41) is 4.24. The molecule has 21 heavy (non-hydrogen) atoms. The molecule has 3 heterocycles. The molecule has 5 nitrogen and oxygen atoms in total. The molecule has 1 unspecified atom stereocenters. The van der Waals surface area contributed by atoms with E-state index in [9.17, 15) is 0 Å². The van der Waals surface area contributed by atoms with Crippen LogP contribution in [0.4, 0.5) is 0 Å². The maximum Gasteiger partial charge on any atom is 0.123 e. The highest BCUT2D eigenvalue weighted by Crippen LogP contribution is 2.34. The van der Waals surface area contributed by atoms with Gasteiger partial charge < -0.3 is 10.5 Å². The molecule has 0 radical (unpaired) electrons. The van der Waals surface area contributed by atoms with Crippen LogP contribution in [0.25, 0.3) is 22.2 Å². The van der Waals surface area contributed by atoms with Crippen LogP contribution in [0.1, 0.15) is 5.56 Å². The Labute approximate surface area is 122 Å². The first-order chi connectivity index (χ1) is 10.2. The number of aryl methyl sites for hydroxylation is 1. The number of ether oxygens (including phenoxy) is 1. The summed E-state index contributed by atoms with van der Waals surface area (Å²) < 4.78 is 7.57. The predicted molar refractivity (Wildman–Crippen MR) is 81.1 cm³/mol. The fourth-order valence-corrected chi connectivity index (χ4v) is 2.87. The summed E-state index contributed by atoms with van der Waals surface area (Å²) in [6.45, 7) is 0.579. The van der Waals surface area contributed by atoms with Crippen molar-refractivity contribution in [3.63, 3.8) is 0 Å². The second kappa shape index (κ2) is 4.56. The van der Waals surface area contributed by atoms with Gasteiger partial charge in [0.15, 0.2) is 0 Å². The van der Waals surface area contributed by atoms with Crippen LogP contribution in [0.2, 0.25) is 0 Å². The lowest BCUT2D eigenvalue weighted by molar-refractivity contribution is 0.264. The van der Waals surface area contributed by atoms with E-state index < -0.39 is 0 Å². The van der Waals surface area contributed by atoms with E-state index in [4.69, 9.17) is 10.5 Å². The van der Waals surface area contributed by atoms with E-state index in [1.807, 2.05) is 30.1 Å². The van der Waals surface area contributed by atoms with Crippen LogP contribution < -0.4 is 10.5 Å². The lowest BCUT2D eigenvalue weighted by Gasteiger charge is -2.24. The van der Waals surface area contributed by atoms with Crippen LogP contribution in [-0.2, 0) is 13.5 Å². The molecule has 2 N–H and O–H groups in total. The van der Waals surface area contributed by atoms with E-state index in [1.165, 1.54) is 5.56 Å². The highest BCUT2D eigenvalue weighted by Gasteiger charge is 2.20. The average Bonchev–Trinajstić information content (AvgIpc) is 2.87. The summed E-state index contributed by atoms with van der Waals surface area (Å²) in [5.41, 5.74) is 11.3. The number of nitrogens with two attached hydrogens (primary N) is 1. The topological polar surface area (TPSA) is 66.0 Å². The molecule has 1 aromatic carbocycles. The summed E-state index contributed by atoms with van der Waals surface area (Å²) >= 11 is 0. The van der Waals surface area contributed by atoms with Crippen molar-refractivity contribution in [3.8, 4) is 16.9 Å². The van der Waals surface area contributed by atoms with Crippen molar-refractivity contribution < 1.29 is 4.74 Å². The number of fused-ring (bicyclic) bond motifs is 2. The van der Waals surface area contributed by atoms with E-state index in [-0.39, 0.29) is 6.04 Å². The third-order valence-corrected chi connectivity index (χ3v) is 3.96. The van der Waals surface area contributed by atoms with Crippen molar-refractivity contribution in [2.45, 2.75) is 12.5 Å². The van der Waals surface area contributed by atoms with Gasteiger partial charge in [0.1, 0.15) is 17.9 Å². The van der Waals surface area contributed by atoms with Crippen LogP contribution in [0.15, 0.2) is 36.7 Å². The van der Waals surface area contributed by atoms with Crippen LogP contribution in [0, 0.1) is 0 Å². The molecular formula is C16H16N4O. The van der Waals surface area contributed by atoms with Gasteiger partial charge in [0, 0.05) is 30.4 Å². The number of aromatic nitrogens is 3. The van der Waals surface area contributed by atoms with Gasteiger partial charge in [-0.2, -0.15) is 5.10 Å². The van der Waals surface area contributed by atoms with Gasteiger partial charge in [0.2, 0.25) is 0 Å². The molecule has 3 aromatic rings. The standard InChI is InChI=1S/C16H16N4O/c1-20-15-5-10(7-18-14(15)8-19-20)12-3-2-4-16-13(12)6-11(17)9-21-16/h2-5,7-8,11H,6,9,17H2,1H3. The fourth-order valence-electron chi connectivity index (χ4n) is 2.87. The minimum Gasteiger partial charge on any atom is -0.492 e. The maximum absolute atomic E-state index is 6.04. The lowest BCUT2D eigenvalue weighted by Crippen LogP contribution is -2.34. The third kappa shape index (κ3) is 1.97. The zero-order valence-corrected chi connectivity index (χ0v) is 11.8. The molecule has 0 saturated heterocycles. The smallest absolute Gasteiger partial charge is 0.123 e. The minimum absolute atomic E-state index is 0.0482. The summed E-state index contributed by atoms with van der Waals surface area (Å²) in [6, 6.07) is 8.27. The Balaban J connectivity index is 1.90. The monoisotopic (exact) mass is 280 g/mol. The molecule has 106 valence electrons. The van der Waals surface area contributed by atoms with E-state index in [1.54, 1.807) is 6.20 Å². The first kappa shape index (κ1) is 12.3. The molecule has 0 amide bonds. The molecule has 4 rings (SSSR count). The van der Waals surface area contributed by atoms with Crippen LogP contribution in [0.5, 0.6) is 5.75 Å². The number of benzene rings is 1. The van der Waals surface area contributed by atoms with E-state index >= 15 is 0 Å². The van der Waals surface area contributed by atoms with Crippen molar-refractivity contribution in [1.29, 1.82) is 0 Å². The summed E-state index contributed by atoms with van der Waals surface area (Å²) in [7, 11) is 1.92. The molecular weight excluding hydrogens is 264 g/mol. The fraction of sp³-hybridized carbons (Fsp3) is 0.250. The normalized spacial score (nSPS) is 17.5. The van der Waals surface area contributed by atoms with Gasteiger partial charge in [0.25, 0.3) is 0 Å².